The maximum Gasteiger partial charge on any atom is 0.229 e. The summed E-state index contributed by atoms with van der Waals surface area (Å²) in [7, 11) is -1.94. The van der Waals surface area contributed by atoms with Gasteiger partial charge in [-0.2, -0.15) is 0 Å². The Labute approximate surface area is 119 Å². The van der Waals surface area contributed by atoms with E-state index in [0.29, 0.717) is 32.5 Å². The molecule has 20 heavy (non-hydrogen) atoms. The third-order valence-corrected chi connectivity index (χ3v) is 5.92. The van der Waals surface area contributed by atoms with Crippen molar-refractivity contribution in [3.8, 4) is 0 Å². The summed E-state index contributed by atoms with van der Waals surface area (Å²) >= 11 is 0. The third-order valence-electron chi connectivity index (χ3n) is 4.09. The molecular weight excluding hydrogens is 282 g/mol. The van der Waals surface area contributed by atoms with E-state index in [4.69, 9.17) is 0 Å². The number of piperidine rings is 1. The summed E-state index contributed by atoms with van der Waals surface area (Å²) in [6, 6.07) is 0. The molecule has 7 nitrogen and oxygen atoms in total. The molecule has 114 valence electrons. The molecule has 0 aromatic heterocycles. The molecule has 2 fully saturated rings. The zero-order valence-corrected chi connectivity index (χ0v) is 12.6. The van der Waals surface area contributed by atoms with Crippen molar-refractivity contribution in [1.82, 2.24) is 14.5 Å². The molecule has 2 heterocycles. The Bertz CT molecular complexity index is 499. The molecule has 0 radical (unpaired) electrons. The van der Waals surface area contributed by atoms with E-state index in [0.717, 1.165) is 0 Å². The second kappa shape index (κ2) is 5.69. The molecule has 2 aliphatic heterocycles. The maximum absolute atomic E-state index is 12.3. The standard InChI is InChI=1S/C12H21N3O4S/c1-9(16)15-6-10(7-15)12(17)14-5-3-4-11(8-14)20(18,19)13-2/h10-11,13H,3-8H2,1-2H3. The van der Waals surface area contributed by atoms with E-state index in [2.05, 4.69) is 4.72 Å². The average Bonchev–Trinajstić information content (AvgIpc) is 2.36. The Morgan fingerprint density at radius 1 is 1.15 bits per heavy atom. The summed E-state index contributed by atoms with van der Waals surface area (Å²) in [5.74, 6) is -0.225. The highest BCUT2D eigenvalue weighted by Crippen LogP contribution is 2.22. The number of amides is 2. The van der Waals surface area contributed by atoms with Crippen LogP contribution in [0.15, 0.2) is 0 Å². The van der Waals surface area contributed by atoms with Crippen LogP contribution in [0.3, 0.4) is 0 Å². The van der Waals surface area contributed by atoms with Crippen LogP contribution in [-0.4, -0.2) is 68.5 Å². The van der Waals surface area contributed by atoms with Gasteiger partial charge in [0.1, 0.15) is 0 Å². The Kier molecular flexibility index (Phi) is 4.33. The molecule has 0 aliphatic carbocycles. The summed E-state index contributed by atoms with van der Waals surface area (Å²) in [6.07, 6.45) is 1.28. The van der Waals surface area contributed by atoms with E-state index in [-0.39, 0.29) is 24.3 Å². The lowest BCUT2D eigenvalue weighted by Gasteiger charge is -2.42. The summed E-state index contributed by atoms with van der Waals surface area (Å²) in [6.45, 7) is 3.24. The second-order valence-electron chi connectivity index (χ2n) is 5.42. The van der Waals surface area contributed by atoms with E-state index in [1.165, 1.54) is 14.0 Å². The van der Waals surface area contributed by atoms with Gasteiger partial charge in [0, 0.05) is 33.1 Å². The van der Waals surface area contributed by atoms with Gasteiger partial charge in [0.05, 0.1) is 11.2 Å². The van der Waals surface area contributed by atoms with Crippen molar-refractivity contribution in [3.05, 3.63) is 0 Å². The van der Waals surface area contributed by atoms with Crippen molar-refractivity contribution < 1.29 is 18.0 Å². The van der Waals surface area contributed by atoms with Gasteiger partial charge in [-0.3, -0.25) is 9.59 Å². The van der Waals surface area contributed by atoms with Gasteiger partial charge in [-0.05, 0) is 19.9 Å². The predicted octanol–water partition coefficient (Wildman–Crippen LogP) is -0.995. The highest BCUT2D eigenvalue weighted by atomic mass is 32.2. The van der Waals surface area contributed by atoms with Gasteiger partial charge in [-0.15, -0.1) is 0 Å². The van der Waals surface area contributed by atoms with Crippen LogP contribution < -0.4 is 4.72 Å². The van der Waals surface area contributed by atoms with E-state index < -0.39 is 15.3 Å². The normalized spacial score (nSPS) is 24.4. The molecule has 0 aromatic rings. The Hall–Kier alpha value is -1.15. The van der Waals surface area contributed by atoms with Crippen molar-refractivity contribution in [2.45, 2.75) is 25.0 Å². The van der Waals surface area contributed by atoms with Crippen molar-refractivity contribution in [2.75, 3.05) is 33.2 Å². The summed E-state index contributed by atoms with van der Waals surface area (Å²) in [4.78, 5) is 26.6. The minimum absolute atomic E-state index is 0.0247. The quantitative estimate of drug-likeness (QED) is 0.725. The monoisotopic (exact) mass is 303 g/mol. The number of hydrogen-bond acceptors (Lipinski definition) is 4. The number of carbonyl (C=O) groups excluding carboxylic acids is 2. The SMILES string of the molecule is CNS(=O)(=O)C1CCCN(C(=O)C2CN(C(C)=O)C2)C1. The fraction of sp³-hybridized carbons (Fsp3) is 0.833. The van der Waals surface area contributed by atoms with E-state index in [9.17, 15) is 18.0 Å². The molecule has 2 rings (SSSR count). The first-order valence-electron chi connectivity index (χ1n) is 6.82. The van der Waals surface area contributed by atoms with Crippen LogP contribution in [0.2, 0.25) is 0 Å². The van der Waals surface area contributed by atoms with Gasteiger partial charge in [-0.25, -0.2) is 13.1 Å². The van der Waals surface area contributed by atoms with Crippen molar-refractivity contribution in [1.29, 1.82) is 0 Å². The summed E-state index contributed by atoms with van der Waals surface area (Å²) in [5.41, 5.74) is 0. The molecule has 8 heteroatoms. The summed E-state index contributed by atoms with van der Waals surface area (Å²) in [5, 5.41) is -0.533. The topological polar surface area (TPSA) is 86.8 Å². The van der Waals surface area contributed by atoms with Crippen LogP contribution in [0.4, 0.5) is 0 Å². The smallest absolute Gasteiger partial charge is 0.229 e. The number of sulfonamides is 1. The number of hydrogen-bond donors (Lipinski definition) is 1. The van der Waals surface area contributed by atoms with Gasteiger partial charge in [-0.1, -0.05) is 0 Å². The fourth-order valence-corrected chi connectivity index (χ4v) is 3.89. The maximum atomic E-state index is 12.3. The Morgan fingerprint density at radius 3 is 2.35 bits per heavy atom. The second-order valence-corrected chi connectivity index (χ2v) is 7.58. The van der Waals surface area contributed by atoms with Gasteiger partial charge >= 0.3 is 0 Å². The van der Waals surface area contributed by atoms with Gasteiger partial charge in [0.25, 0.3) is 0 Å². The number of nitrogens with zero attached hydrogens (tertiary/aromatic N) is 2. The third kappa shape index (κ3) is 2.95. The van der Waals surface area contributed by atoms with Gasteiger partial charge in [0.15, 0.2) is 0 Å². The van der Waals surface area contributed by atoms with Crippen LogP contribution >= 0.6 is 0 Å². The van der Waals surface area contributed by atoms with E-state index in [1.807, 2.05) is 0 Å². The summed E-state index contributed by atoms with van der Waals surface area (Å²) < 4.78 is 26.0. The largest absolute Gasteiger partial charge is 0.341 e. The van der Waals surface area contributed by atoms with Gasteiger partial charge in [0.2, 0.25) is 21.8 Å². The van der Waals surface area contributed by atoms with Crippen LogP contribution in [-0.2, 0) is 19.6 Å². The lowest BCUT2D eigenvalue weighted by Crippen LogP contribution is -2.58. The van der Waals surface area contributed by atoms with Gasteiger partial charge < -0.3 is 9.80 Å². The number of carbonyl (C=O) groups is 2. The van der Waals surface area contributed by atoms with Crippen molar-refractivity contribution in [3.63, 3.8) is 0 Å². The number of likely N-dealkylation sites (tertiary alicyclic amines) is 2. The molecular formula is C12H21N3O4S. The lowest BCUT2D eigenvalue weighted by molar-refractivity contribution is -0.147. The average molecular weight is 303 g/mol. The molecule has 0 spiro atoms. The number of rotatable bonds is 3. The molecule has 2 amide bonds. The molecule has 2 saturated heterocycles. The molecule has 0 bridgehead atoms. The first-order chi connectivity index (χ1) is 9.35. The van der Waals surface area contributed by atoms with Crippen LogP contribution in [0.1, 0.15) is 19.8 Å². The predicted molar refractivity (Wildman–Crippen MR) is 73.3 cm³/mol. The highest BCUT2D eigenvalue weighted by molar-refractivity contribution is 7.90. The number of nitrogens with one attached hydrogen (secondary N) is 1. The van der Waals surface area contributed by atoms with Crippen LogP contribution in [0, 0.1) is 5.92 Å². The fourth-order valence-electron chi connectivity index (χ4n) is 2.71. The van der Waals surface area contributed by atoms with E-state index >= 15 is 0 Å². The molecule has 0 saturated carbocycles. The zero-order chi connectivity index (χ0) is 14.9. The first-order valence-corrected chi connectivity index (χ1v) is 8.36. The minimum Gasteiger partial charge on any atom is -0.341 e. The van der Waals surface area contributed by atoms with Crippen molar-refractivity contribution >= 4 is 21.8 Å². The first kappa shape index (κ1) is 15.2. The minimum atomic E-state index is -3.33. The Morgan fingerprint density at radius 2 is 1.80 bits per heavy atom. The lowest BCUT2D eigenvalue weighted by atomic mass is 9.97. The van der Waals surface area contributed by atoms with E-state index in [1.54, 1.807) is 9.80 Å². The molecule has 1 atom stereocenters. The van der Waals surface area contributed by atoms with Crippen molar-refractivity contribution in [2.24, 2.45) is 5.92 Å². The van der Waals surface area contributed by atoms with Crippen LogP contribution in [0.25, 0.3) is 0 Å². The highest BCUT2D eigenvalue weighted by Gasteiger charge is 2.39. The molecule has 1 N–H and O–H groups in total. The Balaban J connectivity index is 1.93. The van der Waals surface area contributed by atoms with Crippen LogP contribution in [0.5, 0.6) is 0 Å². The molecule has 0 aromatic carbocycles. The molecule has 2 aliphatic rings. The molecule has 1 unspecified atom stereocenters. The zero-order valence-electron chi connectivity index (χ0n) is 11.8.